The van der Waals surface area contributed by atoms with Crippen molar-refractivity contribution in [2.24, 2.45) is 0 Å². The van der Waals surface area contributed by atoms with Crippen LogP contribution in [0.2, 0.25) is 0 Å². The van der Waals surface area contributed by atoms with Gasteiger partial charge in [0, 0.05) is 11.8 Å². The summed E-state index contributed by atoms with van der Waals surface area (Å²) >= 11 is 1.01. The fourth-order valence-electron chi connectivity index (χ4n) is 1.08. The lowest BCUT2D eigenvalue weighted by Gasteiger charge is -2.13. The van der Waals surface area contributed by atoms with Crippen LogP contribution in [0.4, 0.5) is 22.0 Å². The van der Waals surface area contributed by atoms with E-state index < -0.39 is 39.0 Å². The number of carboxylic acids is 1. The molecule has 0 saturated carbocycles. The molecule has 0 fully saturated rings. The third-order valence-electron chi connectivity index (χ3n) is 1.77. The molecular weight excluding hydrogens is 364 g/mol. The highest BCUT2D eigenvalue weighted by molar-refractivity contribution is 14.1. The zero-order chi connectivity index (χ0) is 13.4. The predicted octanol–water partition coefficient (Wildman–Crippen LogP) is 3.34. The molecule has 1 rings (SSSR count). The van der Waals surface area contributed by atoms with E-state index in [1.165, 1.54) is 0 Å². The van der Waals surface area contributed by atoms with Crippen LogP contribution in [-0.4, -0.2) is 16.1 Å². The number of rotatable bonds is 2. The topological polar surface area (TPSA) is 50.2 Å². The van der Waals surface area contributed by atoms with Crippen molar-refractivity contribution in [3.8, 4) is 0 Å². The van der Waals surface area contributed by atoms with Crippen molar-refractivity contribution in [3.63, 3.8) is 0 Å². The van der Waals surface area contributed by atoms with Gasteiger partial charge in [0.2, 0.25) is 0 Å². The van der Waals surface area contributed by atoms with Gasteiger partial charge in [-0.3, -0.25) is 0 Å². The first-order valence-corrected chi connectivity index (χ1v) is 5.01. The number of carbonyl (C=O) groups is 1. The molecular formula is C8H3F5INO2. The van der Waals surface area contributed by atoms with Crippen molar-refractivity contribution in [2.45, 2.75) is 12.6 Å². The number of aromatic nitrogens is 1. The van der Waals surface area contributed by atoms with Gasteiger partial charge in [-0.2, -0.15) is 13.2 Å². The molecule has 17 heavy (non-hydrogen) atoms. The molecule has 9 heteroatoms. The Bertz CT molecular complexity index is 460. The summed E-state index contributed by atoms with van der Waals surface area (Å²) < 4.78 is 61.3. The lowest BCUT2D eigenvalue weighted by Crippen LogP contribution is -2.16. The van der Waals surface area contributed by atoms with E-state index in [0.29, 0.717) is 0 Å². The Hall–Kier alpha value is -1.00. The molecule has 1 aromatic rings. The molecule has 0 amide bonds. The van der Waals surface area contributed by atoms with Crippen molar-refractivity contribution < 1.29 is 31.9 Å². The normalized spacial score (nSPS) is 11.9. The second-order valence-corrected chi connectivity index (χ2v) is 3.93. The monoisotopic (exact) mass is 367 g/mol. The quantitative estimate of drug-likeness (QED) is 0.645. The largest absolute Gasteiger partial charge is 0.478 e. The number of halogens is 6. The van der Waals surface area contributed by atoms with Crippen molar-refractivity contribution in [1.29, 1.82) is 0 Å². The number of hydrogen-bond acceptors (Lipinski definition) is 2. The summed E-state index contributed by atoms with van der Waals surface area (Å²) in [5, 5.41) is 8.57. The van der Waals surface area contributed by atoms with Gasteiger partial charge in [-0.1, -0.05) is 0 Å². The van der Waals surface area contributed by atoms with Gasteiger partial charge in [0.15, 0.2) is 5.69 Å². The lowest BCUT2D eigenvalue weighted by atomic mass is 10.1. The maximum atomic E-state index is 12.6. The van der Waals surface area contributed by atoms with Crippen LogP contribution >= 0.6 is 22.6 Å². The Morgan fingerprint density at radius 1 is 1.41 bits per heavy atom. The predicted molar refractivity (Wildman–Crippen MR) is 53.9 cm³/mol. The minimum Gasteiger partial charge on any atom is -0.478 e. The molecule has 0 unspecified atom stereocenters. The lowest BCUT2D eigenvalue weighted by molar-refractivity contribution is -0.142. The van der Waals surface area contributed by atoms with Crippen LogP contribution in [0.15, 0.2) is 6.20 Å². The fourth-order valence-corrected chi connectivity index (χ4v) is 2.05. The van der Waals surface area contributed by atoms with E-state index in [0.717, 1.165) is 22.6 Å². The summed E-state index contributed by atoms with van der Waals surface area (Å²) in [7, 11) is 0. The molecule has 0 bridgehead atoms. The zero-order valence-corrected chi connectivity index (χ0v) is 9.88. The summed E-state index contributed by atoms with van der Waals surface area (Å²) in [6, 6.07) is 0. The molecule has 0 saturated heterocycles. The first-order valence-electron chi connectivity index (χ1n) is 3.93. The Morgan fingerprint density at radius 2 is 1.94 bits per heavy atom. The number of hydrogen-bond donors (Lipinski definition) is 1. The van der Waals surface area contributed by atoms with Gasteiger partial charge in [-0.05, 0) is 22.6 Å². The van der Waals surface area contributed by atoms with Crippen molar-refractivity contribution in [2.75, 3.05) is 0 Å². The minimum absolute atomic E-state index is 0.287. The van der Waals surface area contributed by atoms with Gasteiger partial charge in [-0.15, -0.1) is 0 Å². The van der Waals surface area contributed by atoms with Crippen LogP contribution in [0, 0.1) is 3.57 Å². The van der Waals surface area contributed by atoms with Gasteiger partial charge < -0.3 is 5.11 Å². The van der Waals surface area contributed by atoms with Crippen LogP contribution in [0.1, 0.15) is 28.0 Å². The van der Waals surface area contributed by atoms with E-state index >= 15 is 0 Å². The van der Waals surface area contributed by atoms with Gasteiger partial charge >= 0.3 is 12.1 Å². The number of carboxylic acid groups (broad SMARTS) is 1. The zero-order valence-electron chi connectivity index (χ0n) is 7.73. The molecule has 0 aromatic carbocycles. The van der Waals surface area contributed by atoms with Gasteiger partial charge in [0.25, 0.3) is 6.43 Å². The van der Waals surface area contributed by atoms with Gasteiger partial charge in [-0.25, -0.2) is 18.6 Å². The standard InChI is InChI=1S/C8H3F5INO2/c9-6(10)3-2(7(16)17)1-15-5(4(3)14)8(11,12)13/h1,6H,(H,16,17). The Labute approximate surface area is 105 Å². The van der Waals surface area contributed by atoms with Crippen LogP contribution in [0.5, 0.6) is 0 Å². The minimum atomic E-state index is -4.91. The molecule has 0 aliphatic rings. The van der Waals surface area contributed by atoms with E-state index in [9.17, 15) is 26.7 Å². The smallest absolute Gasteiger partial charge is 0.434 e. The molecule has 1 aromatic heterocycles. The first kappa shape index (κ1) is 14.1. The SMILES string of the molecule is O=C(O)c1cnc(C(F)(F)F)c(I)c1C(F)F. The van der Waals surface area contributed by atoms with Gasteiger partial charge in [0.1, 0.15) is 0 Å². The highest BCUT2D eigenvalue weighted by Crippen LogP contribution is 2.36. The third-order valence-corrected chi connectivity index (χ3v) is 2.87. The number of nitrogens with zero attached hydrogens (tertiary/aromatic N) is 1. The maximum absolute atomic E-state index is 12.6. The fraction of sp³-hybridized carbons (Fsp3) is 0.250. The van der Waals surface area contributed by atoms with Crippen LogP contribution in [0.3, 0.4) is 0 Å². The van der Waals surface area contributed by atoms with E-state index in [1.807, 2.05) is 0 Å². The number of aromatic carboxylic acids is 1. The highest BCUT2D eigenvalue weighted by Gasteiger charge is 2.38. The molecule has 0 atom stereocenters. The van der Waals surface area contributed by atoms with E-state index in [2.05, 4.69) is 4.98 Å². The first-order chi connectivity index (χ1) is 7.66. The molecule has 1 N–H and O–H groups in total. The molecule has 3 nitrogen and oxygen atoms in total. The average Bonchev–Trinajstić information content (AvgIpc) is 2.13. The molecule has 0 spiro atoms. The summed E-state index contributed by atoms with van der Waals surface area (Å²) in [5.74, 6) is -1.75. The van der Waals surface area contributed by atoms with Crippen LogP contribution in [-0.2, 0) is 6.18 Å². The van der Waals surface area contributed by atoms with Crippen molar-refractivity contribution in [1.82, 2.24) is 4.98 Å². The second kappa shape index (κ2) is 4.70. The molecule has 94 valence electrons. The third kappa shape index (κ3) is 2.82. The van der Waals surface area contributed by atoms with E-state index in [4.69, 9.17) is 5.11 Å². The van der Waals surface area contributed by atoms with Crippen LogP contribution < -0.4 is 0 Å². The molecule has 0 aliphatic carbocycles. The summed E-state index contributed by atoms with van der Waals surface area (Å²) in [4.78, 5) is 13.4. The van der Waals surface area contributed by atoms with Gasteiger partial charge in [0.05, 0.1) is 9.13 Å². The van der Waals surface area contributed by atoms with Crippen LogP contribution in [0.25, 0.3) is 0 Å². The Balaban J connectivity index is 3.55. The molecule has 0 radical (unpaired) electrons. The highest BCUT2D eigenvalue weighted by atomic mass is 127. The summed E-state index contributed by atoms with van der Waals surface area (Å²) in [5.41, 5.74) is -3.61. The molecule has 0 aliphatic heterocycles. The van der Waals surface area contributed by atoms with E-state index in [-0.39, 0.29) is 6.20 Å². The van der Waals surface area contributed by atoms with E-state index in [1.54, 1.807) is 0 Å². The Morgan fingerprint density at radius 3 is 2.29 bits per heavy atom. The maximum Gasteiger partial charge on any atom is 0.434 e. The van der Waals surface area contributed by atoms with Crippen molar-refractivity contribution in [3.05, 3.63) is 26.6 Å². The number of pyridine rings is 1. The second-order valence-electron chi connectivity index (χ2n) is 2.85. The average molecular weight is 367 g/mol. The summed E-state index contributed by atoms with van der Waals surface area (Å²) in [6.07, 6.45) is -7.94. The number of alkyl halides is 5. The molecule has 1 heterocycles. The van der Waals surface area contributed by atoms with Crippen molar-refractivity contribution >= 4 is 28.6 Å². The summed E-state index contributed by atoms with van der Waals surface area (Å²) in [6.45, 7) is 0. The Kier molecular flexibility index (Phi) is 3.89.